The van der Waals surface area contributed by atoms with Gasteiger partial charge in [-0.25, -0.2) is 4.79 Å². The number of carbonyl (C=O) groups is 4. The van der Waals surface area contributed by atoms with Crippen molar-refractivity contribution in [3.05, 3.63) is 94.5 Å². The van der Waals surface area contributed by atoms with Crippen molar-refractivity contribution in [1.29, 1.82) is 0 Å². The van der Waals surface area contributed by atoms with Gasteiger partial charge in [0.15, 0.2) is 0 Å². The zero-order valence-electron chi connectivity index (χ0n) is 21.9. The molecule has 3 aromatic carbocycles. The van der Waals surface area contributed by atoms with Crippen molar-refractivity contribution in [2.24, 2.45) is 0 Å². The highest BCUT2D eigenvalue weighted by atomic mass is 16.4. The summed E-state index contributed by atoms with van der Waals surface area (Å²) in [6, 6.07) is 19.5. The summed E-state index contributed by atoms with van der Waals surface area (Å²) >= 11 is 0. The molecule has 1 fully saturated rings. The van der Waals surface area contributed by atoms with E-state index in [4.69, 9.17) is 0 Å². The average Bonchev–Trinajstić information content (AvgIpc) is 3.26. The molecule has 2 aliphatic rings. The fourth-order valence-electron chi connectivity index (χ4n) is 4.85. The summed E-state index contributed by atoms with van der Waals surface area (Å²) in [5.41, 5.74) is 4.61. The number of amides is 3. The molecule has 10 heteroatoms. The maximum absolute atomic E-state index is 13.2. The lowest BCUT2D eigenvalue weighted by atomic mass is 9.96. The van der Waals surface area contributed by atoms with E-state index < -0.39 is 5.97 Å². The Balaban J connectivity index is 1.37. The molecule has 2 aliphatic heterocycles. The van der Waals surface area contributed by atoms with Gasteiger partial charge in [0.05, 0.1) is 29.1 Å². The maximum Gasteiger partial charge on any atom is 0.336 e. The number of piperazine rings is 1. The molecule has 0 saturated carbocycles. The quantitative estimate of drug-likeness (QED) is 0.277. The number of carboxylic acid groups (broad SMARTS) is 1. The normalized spacial score (nSPS) is 16.0. The van der Waals surface area contributed by atoms with Crippen LogP contribution in [0.15, 0.2) is 66.7 Å². The maximum atomic E-state index is 13.2. The number of benzene rings is 3. The summed E-state index contributed by atoms with van der Waals surface area (Å²) in [6.45, 7) is 4.41. The Bertz CT molecular complexity index is 1520. The summed E-state index contributed by atoms with van der Waals surface area (Å²) in [4.78, 5) is 51.0. The first kappa shape index (κ1) is 26.6. The van der Waals surface area contributed by atoms with Gasteiger partial charge in [-0.15, -0.1) is 0 Å². The summed E-state index contributed by atoms with van der Waals surface area (Å²) in [5, 5.41) is 21.3. The molecule has 10 nitrogen and oxygen atoms in total. The number of fused-ring (bicyclic) bond motifs is 1. The van der Waals surface area contributed by atoms with Crippen molar-refractivity contribution in [3.63, 3.8) is 0 Å². The van der Waals surface area contributed by atoms with E-state index in [1.807, 2.05) is 35.2 Å². The van der Waals surface area contributed by atoms with Crippen LogP contribution in [0.3, 0.4) is 0 Å². The average molecular weight is 540 g/mol. The van der Waals surface area contributed by atoms with E-state index in [2.05, 4.69) is 21.3 Å². The van der Waals surface area contributed by atoms with Crippen molar-refractivity contribution in [2.45, 2.75) is 6.92 Å². The van der Waals surface area contributed by atoms with Gasteiger partial charge in [-0.2, -0.15) is 0 Å². The third-order valence-electron chi connectivity index (χ3n) is 6.90. The minimum atomic E-state index is -1.06. The molecule has 2 heterocycles. The number of carbonyl (C=O) groups excluding carboxylic acids is 3. The summed E-state index contributed by atoms with van der Waals surface area (Å²) in [6.07, 6.45) is 0. The highest BCUT2D eigenvalue weighted by Crippen LogP contribution is 2.39. The molecule has 3 amide bonds. The van der Waals surface area contributed by atoms with Crippen LogP contribution < -0.4 is 21.3 Å². The molecule has 0 atom stereocenters. The van der Waals surface area contributed by atoms with E-state index in [0.29, 0.717) is 65.5 Å². The van der Waals surface area contributed by atoms with Crippen LogP contribution in [0, 0.1) is 6.92 Å². The first-order valence-corrected chi connectivity index (χ1v) is 12.9. The van der Waals surface area contributed by atoms with Gasteiger partial charge < -0.3 is 26.4 Å². The lowest BCUT2D eigenvalue weighted by Gasteiger charge is -2.26. The molecule has 3 aromatic rings. The molecule has 5 rings (SSSR count). The van der Waals surface area contributed by atoms with Gasteiger partial charge in [-0.1, -0.05) is 30.3 Å². The van der Waals surface area contributed by atoms with Crippen LogP contribution >= 0.6 is 0 Å². The minimum absolute atomic E-state index is 0.00998. The van der Waals surface area contributed by atoms with Gasteiger partial charge in [0.1, 0.15) is 0 Å². The lowest BCUT2D eigenvalue weighted by molar-refractivity contribution is -0.124. The molecule has 0 unspecified atom stereocenters. The Morgan fingerprint density at radius 1 is 1.00 bits per heavy atom. The second-order valence-corrected chi connectivity index (χ2v) is 9.67. The predicted octanol–water partition coefficient (Wildman–Crippen LogP) is 2.79. The Morgan fingerprint density at radius 2 is 1.75 bits per heavy atom. The van der Waals surface area contributed by atoms with Crippen LogP contribution in [0.4, 0.5) is 11.4 Å². The topological polar surface area (TPSA) is 140 Å². The van der Waals surface area contributed by atoms with Gasteiger partial charge >= 0.3 is 5.97 Å². The van der Waals surface area contributed by atoms with Crippen molar-refractivity contribution < 1.29 is 24.3 Å². The largest absolute Gasteiger partial charge is 0.478 e. The van der Waals surface area contributed by atoms with Gasteiger partial charge in [0.2, 0.25) is 5.91 Å². The Morgan fingerprint density at radius 3 is 2.45 bits per heavy atom. The van der Waals surface area contributed by atoms with Crippen LogP contribution in [0.1, 0.15) is 37.4 Å². The fourth-order valence-corrected chi connectivity index (χ4v) is 4.85. The lowest BCUT2D eigenvalue weighted by Crippen LogP contribution is -2.49. The smallest absolute Gasteiger partial charge is 0.336 e. The molecule has 0 radical (unpaired) electrons. The van der Waals surface area contributed by atoms with Crippen LogP contribution in [0.25, 0.3) is 11.3 Å². The molecule has 0 aliphatic carbocycles. The summed E-state index contributed by atoms with van der Waals surface area (Å²) < 4.78 is 0. The van der Waals surface area contributed by atoms with Crippen LogP contribution in [0.5, 0.6) is 0 Å². The van der Waals surface area contributed by atoms with Gasteiger partial charge in [-0.3, -0.25) is 19.3 Å². The Kier molecular flexibility index (Phi) is 7.61. The number of carboxylic acids is 1. The molecule has 1 saturated heterocycles. The van der Waals surface area contributed by atoms with E-state index in [1.54, 1.807) is 37.3 Å². The number of nitrogens with zero attached hydrogens (tertiary/aromatic N) is 1. The summed E-state index contributed by atoms with van der Waals surface area (Å²) in [7, 11) is 0. The molecular weight excluding hydrogens is 510 g/mol. The molecule has 5 N–H and O–H groups in total. The number of rotatable bonds is 8. The molecule has 0 aromatic heterocycles. The van der Waals surface area contributed by atoms with Crippen LogP contribution in [-0.2, 0) is 9.59 Å². The van der Waals surface area contributed by atoms with Crippen molar-refractivity contribution in [1.82, 2.24) is 15.5 Å². The number of anilines is 2. The van der Waals surface area contributed by atoms with E-state index in [9.17, 15) is 24.3 Å². The third kappa shape index (κ3) is 5.71. The molecule has 0 bridgehead atoms. The monoisotopic (exact) mass is 539 g/mol. The first-order chi connectivity index (χ1) is 19.3. The molecular formula is C30H29N5O5. The van der Waals surface area contributed by atoms with Crippen LogP contribution in [-0.4, -0.2) is 66.4 Å². The van der Waals surface area contributed by atoms with E-state index in [-0.39, 0.29) is 23.3 Å². The Labute approximate surface area is 231 Å². The highest BCUT2D eigenvalue weighted by molar-refractivity contribution is 6.37. The predicted molar refractivity (Wildman–Crippen MR) is 152 cm³/mol. The second-order valence-electron chi connectivity index (χ2n) is 9.67. The van der Waals surface area contributed by atoms with Gasteiger partial charge in [0, 0.05) is 43.0 Å². The van der Waals surface area contributed by atoms with Gasteiger partial charge in [0.25, 0.3) is 11.8 Å². The molecule has 40 heavy (non-hydrogen) atoms. The van der Waals surface area contributed by atoms with Crippen LogP contribution in [0.2, 0.25) is 0 Å². The fraction of sp³-hybridized carbons (Fsp3) is 0.200. The zero-order chi connectivity index (χ0) is 28.2. The number of aromatic carboxylic acids is 1. The van der Waals surface area contributed by atoms with Gasteiger partial charge in [-0.05, 0) is 54.4 Å². The van der Waals surface area contributed by atoms with E-state index in [0.717, 1.165) is 12.1 Å². The first-order valence-electron chi connectivity index (χ1n) is 12.9. The summed E-state index contributed by atoms with van der Waals surface area (Å²) in [5.74, 6) is -1.63. The number of hydrogen-bond acceptors (Lipinski definition) is 6. The number of hydrogen-bond donors (Lipinski definition) is 5. The van der Waals surface area contributed by atoms with E-state index in [1.165, 1.54) is 6.07 Å². The highest BCUT2D eigenvalue weighted by Gasteiger charge is 2.30. The SMILES string of the molecule is Cc1cc2c(cc1C(=O)O)NC(=O)C2=C(Nc1ccc(C(=O)NCCN2CCNC(=O)C2)cc1)c1ccccc1. The van der Waals surface area contributed by atoms with Crippen molar-refractivity contribution in [2.75, 3.05) is 43.4 Å². The van der Waals surface area contributed by atoms with E-state index >= 15 is 0 Å². The Hall–Kier alpha value is -4.96. The molecule has 0 spiro atoms. The number of aryl methyl sites for hydroxylation is 1. The second kappa shape index (κ2) is 11.4. The minimum Gasteiger partial charge on any atom is -0.478 e. The number of nitrogens with one attached hydrogen (secondary N) is 4. The standard InChI is InChI=1S/C30H29N5O5/c1-18-15-23-24(16-22(18)30(39)40)34-29(38)26(23)27(19-5-3-2-4-6-19)33-21-9-7-20(8-10-21)28(37)32-12-14-35-13-11-31-25(36)17-35/h2-10,15-16,33H,11-14,17H2,1H3,(H,31,36)(H,32,37)(H,34,38)(H,39,40). The van der Waals surface area contributed by atoms with Crippen molar-refractivity contribution >= 4 is 46.3 Å². The molecule has 204 valence electrons. The third-order valence-corrected chi connectivity index (χ3v) is 6.90. The zero-order valence-corrected chi connectivity index (χ0v) is 21.9. The van der Waals surface area contributed by atoms with Crippen molar-refractivity contribution in [3.8, 4) is 0 Å².